The van der Waals surface area contributed by atoms with Gasteiger partial charge in [0.15, 0.2) is 5.78 Å². The normalized spacial score (nSPS) is 10.5. The van der Waals surface area contributed by atoms with Gasteiger partial charge in [-0.2, -0.15) is 0 Å². The number of ketones is 1. The van der Waals surface area contributed by atoms with Crippen molar-refractivity contribution in [2.24, 2.45) is 7.05 Å². The van der Waals surface area contributed by atoms with E-state index in [1.165, 1.54) is 10.9 Å². The summed E-state index contributed by atoms with van der Waals surface area (Å²) in [5, 5.41) is 7.36. The first-order valence-electron chi connectivity index (χ1n) is 4.67. The maximum Gasteiger partial charge on any atom is 0.182 e. The third-order valence-corrected chi connectivity index (χ3v) is 2.18. The molecule has 0 radical (unpaired) electrons. The zero-order valence-corrected chi connectivity index (χ0v) is 8.38. The third-order valence-electron chi connectivity index (χ3n) is 2.18. The molecule has 15 heavy (non-hydrogen) atoms. The molecule has 0 aromatic carbocycles. The molecule has 2 heterocycles. The molecule has 0 saturated carbocycles. The Balaban J connectivity index is 1.96. The lowest BCUT2D eigenvalue weighted by Crippen LogP contribution is -2.07. The summed E-state index contributed by atoms with van der Waals surface area (Å²) in [6.07, 6.45) is 4.10. The molecule has 5 heteroatoms. The van der Waals surface area contributed by atoms with Crippen LogP contribution < -0.4 is 0 Å². The number of carbonyl (C=O) groups is 1. The second kappa shape index (κ2) is 4.08. The predicted molar refractivity (Wildman–Crippen MR) is 52.4 cm³/mol. The fraction of sp³-hybridized carbons (Fsp3) is 0.300. The van der Waals surface area contributed by atoms with E-state index in [9.17, 15) is 4.79 Å². The van der Waals surface area contributed by atoms with Gasteiger partial charge in [0.25, 0.3) is 0 Å². The average molecular weight is 205 g/mol. The Morgan fingerprint density at radius 1 is 1.60 bits per heavy atom. The van der Waals surface area contributed by atoms with Gasteiger partial charge in [0.05, 0.1) is 12.5 Å². The molecule has 0 N–H and O–H groups in total. The Kier molecular flexibility index (Phi) is 2.62. The lowest BCUT2D eigenvalue weighted by atomic mass is 10.1. The zero-order chi connectivity index (χ0) is 10.7. The second-order valence-electron chi connectivity index (χ2n) is 3.25. The molecule has 0 unspecified atom stereocenters. The number of hydrogen-bond acceptors (Lipinski definition) is 4. The minimum absolute atomic E-state index is 0.0268. The Bertz CT molecular complexity index is 445. The van der Waals surface area contributed by atoms with Gasteiger partial charge in [0.1, 0.15) is 11.5 Å². The molecule has 0 saturated heterocycles. The summed E-state index contributed by atoms with van der Waals surface area (Å²) >= 11 is 0. The van der Waals surface area contributed by atoms with Crippen molar-refractivity contribution in [1.82, 2.24) is 15.0 Å². The molecular formula is C10H11N3O2. The van der Waals surface area contributed by atoms with Crippen LogP contribution in [0.2, 0.25) is 0 Å². The number of Topliss-reactive ketones (excluding diaryl/α,β-unsaturated/α-hetero) is 1. The fourth-order valence-electron chi connectivity index (χ4n) is 1.36. The van der Waals surface area contributed by atoms with Crippen LogP contribution in [0.25, 0.3) is 0 Å². The van der Waals surface area contributed by atoms with Crippen molar-refractivity contribution in [1.29, 1.82) is 0 Å². The summed E-state index contributed by atoms with van der Waals surface area (Å²) in [6, 6.07) is 3.67. The summed E-state index contributed by atoms with van der Waals surface area (Å²) in [5.41, 5.74) is 0.529. The number of nitrogens with zero attached hydrogens (tertiary/aromatic N) is 3. The summed E-state index contributed by atoms with van der Waals surface area (Å²) in [7, 11) is 1.70. The van der Waals surface area contributed by atoms with Crippen LogP contribution in [-0.4, -0.2) is 20.8 Å². The summed E-state index contributed by atoms with van der Waals surface area (Å²) in [5.74, 6) is 0.845. The van der Waals surface area contributed by atoms with E-state index in [0.717, 1.165) is 5.76 Å². The largest absolute Gasteiger partial charge is 0.469 e. The standard InChI is InChI=1S/C10H11N3O2/c1-13-9(7-11-12-13)10(14)5-4-8-3-2-6-15-8/h2-3,6-7H,4-5H2,1H3. The average Bonchev–Trinajstić information content (AvgIpc) is 2.84. The number of aryl methyl sites for hydroxylation is 2. The number of aromatic nitrogens is 3. The highest BCUT2D eigenvalue weighted by Crippen LogP contribution is 2.07. The third kappa shape index (κ3) is 2.12. The van der Waals surface area contributed by atoms with Crippen molar-refractivity contribution in [3.05, 3.63) is 36.0 Å². The summed E-state index contributed by atoms with van der Waals surface area (Å²) < 4.78 is 6.62. The van der Waals surface area contributed by atoms with Gasteiger partial charge < -0.3 is 4.42 Å². The van der Waals surface area contributed by atoms with E-state index in [1.807, 2.05) is 12.1 Å². The van der Waals surface area contributed by atoms with Gasteiger partial charge in [-0.15, -0.1) is 5.10 Å². The van der Waals surface area contributed by atoms with Gasteiger partial charge in [0, 0.05) is 19.9 Å². The number of carbonyl (C=O) groups excluding carboxylic acids is 1. The molecule has 0 atom stereocenters. The first kappa shape index (κ1) is 9.64. The molecular weight excluding hydrogens is 194 g/mol. The van der Waals surface area contributed by atoms with Crippen LogP contribution in [0, 0.1) is 0 Å². The second-order valence-corrected chi connectivity index (χ2v) is 3.25. The lowest BCUT2D eigenvalue weighted by Gasteiger charge is -1.98. The van der Waals surface area contributed by atoms with Gasteiger partial charge in [-0.1, -0.05) is 5.21 Å². The quantitative estimate of drug-likeness (QED) is 0.704. The maximum absolute atomic E-state index is 11.7. The molecule has 0 amide bonds. The zero-order valence-electron chi connectivity index (χ0n) is 8.38. The minimum atomic E-state index is 0.0268. The molecule has 5 nitrogen and oxygen atoms in total. The monoisotopic (exact) mass is 205 g/mol. The SMILES string of the molecule is Cn1nncc1C(=O)CCc1ccco1. The van der Waals surface area contributed by atoms with Crippen LogP contribution in [0.4, 0.5) is 0 Å². The van der Waals surface area contributed by atoms with E-state index in [-0.39, 0.29) is 5.78 Å². The van der Waals surface area contributed by atoms with E-state index < -0.39 is 0 Å². The van der Waals surface area contributed by atoms with Crippen LogP contribution in [0.5, 0.6) is 0 Å². The van der Waals surface area contributed by atoms with E-state index in [2.05, 4.69) is 10.3 Å². The van der Waals surface area contributed by atoms with Gasteiger partial charge in [0.2, 0.25) is 0 Å². The van der Waals surface area contributed by atoms with Gasteiger partial charge in [-0.25, -0.2) is 4.68 Å². The molecule has 78 valence electrons. The molecule has 2 aromatic heterocycles. The minimum Gasteiger partial charge on any atom is -0.469 e. The lowest BCUT2D eigenvalue weighted by molar-refractivity contribution is 0.0972. The highest BCUT2D eigenvalue weighted by molar-refractivity contribution is 5.94. The maximum atomic E-state index is 11.7. The van der Waals surface area contributed by atoms with Crippen LogP contribution in [0.1, 0.15) is 22.7 Å². The Morgan fingerprint density at radius 3 is 3.07 bits per heavy atom. The molecule has 0 aliphatic carbocycles. The highest BCUT2D eigenvalue weighted by atomic mass is 16.3. The molecule has 0 aliphatic heterocycles. The first-order valence-corrected chi connectivity index (χ1v) is 4.67. The Morgan fingerprint density at radius 2 is 2.47 bits per heavy atom. The summed E-state index contributed by atoms with van der Waals surface area (Å²) in [6.45, 7) is 0. The molecule has 0 bridgehead atoms. The van der Waals surface area contributed by atoms with E-state index in [1.54, 1.807) is 13.3 Å². The Hall–Kier alpha value is -1.91. The van der Waals surface area contributed by atoms with Crippen molar-refractivity contribution in [3.63, 3.8) is 0 Å². The fourth-order valence-corrected chi connectivity index (χ4v) is 1.36. The topological polar surface area (TPSA) is 60.9 Å². The molecule has 2 aromatic rings. The molecule has 0 fully saturated rings. The molecule has 0 aliphatic rings. The molecule has 2 rings (SSSR count). The van der Waals surface area contributed by atoms with Crippen molar-refractivity contribution in [2.45, 2.75) is 12.8 Å². The van der Waals surface area contributed by atoms with Crippen molar-refractivity contribution in [3.8, 4) is 0 Å². The van der Waals surface area contributed by atoms with Crippen LogP contribution in [0.3, 0.4) is 0 Å². The van der Waals surface area contributed by atoms with Gasteiger partial charge >= 0.3 is 0 Å². The van der Waals surface area contributed by atoms with E-state index in [4.69, 9.17) is 4.42 Å². The predicted octanol–water partition coefficient (Wildman–Crippen LogP) is 1.22. The van der Waals surface area contributed by atoms with Crippen molar-refractivity contribution >= 4 is 5.78 Å². The van der Waals surface area contributed by atoms with Crippen molar-refractivity contribution < 1.29 is 9.21 Å². The van der Waals surface area contributed by atoms with Crippen LogP contribution in [0.15, 0.2) is 29.0 Å². The van der Waals surface area contributed by atoms with Crippen LogP contribution in [-0.2, 0) is 13.5 Å². The first-order chi connectivity index (χ1) is 7.27. The molecule has 0 spiro atoms. The number of furan rings is 1. The van der Waals surface area contributed by atoms with Crippen LogP contribution >= 0.6 is 0 Å². The number of rotatable bonds is 4. The Labute approximate surface area is 86.7 Å². The van der Waals surface area contributed by atoms with E-state index in [0.29, 0.717) is 18.5 Å². The van der Waals surface area contributed by atoms with E-state index >= 15 is 0 Å². The smallest absolute Gasteiger partial charge is 0.182 e. The number of hydrogen-bond donors (Lipinski definition) is 0. The summed E-state index contributed by atoms with van der Waals surface area (Å²) in [4.78, 5) is 11.7. The highest BCUT2D eigenvalue weighted by Gasteiger charge is 2.11. The van der Waals surface area contributed by atoms with Gasteiger partial charge in [-0.05, 0) is 12.1 Å². The van der Waals surface area contributed by atoms with Crippen molar-refractivity contribution in [2.75, 3.05) is 0 Å². The van der Waals surface area contributed by atoms with Gasteiger partial charge in [-0.3, -0.25) is 4.79 Å².